The lowest BCUT2D eigenvalue weighted by Crippen LogP contribution is -2.55. The fourth-order valence-corrected chi connectivity index (χ4v) is 15.6. The quantitative estimate of drug-likeness (QED) is 0.172. The predicted molar refractivity (Wildman–Crippen MR) is 272 cm³/mol. The van der Waals surface area contributed by atoms with Crippen LogP contribution in [-0.4, -0.2) is 0 Å². The Morgan fingerprint density at radius 1 is 0.379 bits per heavy atom. The maximum Gasteiger partial charge on any atom is 0.135 e. The van der Waals surface area contributed by atoms with Crippen molar-refractivity contribution in [2.45, 2.75) is 75.0 Å². The topological polar surface area (TPSA) is 16.4 Å². The largest absolute Gasteiger partial charge is 0.456 e. The van der Waals surface area contributed by atoms with E-state index in [1.807, 2.05) is 0 Å². The Bertz CT molecular complexity index is 3390. The smallest absolute Gasteiger partial charge is 0.135 e. The number of benzene rings is 8. The van der Waals surface area contributed by atoms with Gasteiger partial charge in [0, 0.05) is 38.7 Å². The molecule has 0 radical (unpaired) electrons. The van der Waals surface area contributed by atoms with Gasteiger partial charge in [0.25, 0.3) is 0 Å². The van der Waals surface area contributed by atoms with Crippen molar-refractivity contribution in [1.29, 1.82) is 0 Å². The molecule has 0 N–H and O–H groups in total. The van der Waals surface area contributed by atoms with E-state index in [1.165, 1.54) is 131 Å². The van der Waals surface area contributed by atoms with Crippen LogP contribution in [0.5, 0.6) is 0 Å². The van der Waals surface area contributed by atoms with E-state index >= 15 is 0 Å². The molecule has 0 unspecified atom stereocenters. The maximum absolute atomic E-state index is 6.67. The van der Waals surface area contributed by atoms with Gasteiger partial charge in [0.15, 0.2) is 0 Å². The second-order valence-corrected chi connectivity index (χ2v) is 21.1. The summed E-state index contributed by atoms with van der Waals surface area (Å²) in [5.74, 6) is 3.35. The molecule has 7 aliphatic carbocycles. The maximum atomic E-state index is 6.67. The van der Waals surface area contributed by atoms with Gasteiger partial charge in [-0.15, -0.1) is 0 Å². The van der Waals surface area contributed by atoms with Crippen LogP contribution in [0.25, 0.3) is 66.4 Å². The van der Waals surface area contributed by atoms with Gasteiger partial charge < -0.3 is 9.32 Å². The molecule has 66 heavy (non-hydrogen) atoms. The molecular weight excluding hydrogens is 799 g/mol. The molecule has 16 rings (SSSR count). The lowest BCUT2D eigenvalue weighted by molar-refractivity contribution is -0.0399. The summed E-state index contributed by atoms with van der Waals surface area (Å²) in [5, 5.41) is 2.31. The Morgan fingerprint density at radius 2 is 0.924 bits per heavy atom. The summed E-state index contributed by atoms with van der Waals surface area (Å²) in [7, 11) is 0. The lowest BCUT2D eigenvalue weighted by atomic mass is 9.43. The molecule has 0 atom stereocenters. The van der Waals surface area contributed by atoms with Crippen LogP contribution in [0.3, 0.4) is 0 Å². The highest BCUT2D eigenvalue weighted by molar-refractivity contribution is 6.08. The minimum atomic E-state index is 0.121. The van der Waals surface area contributed by atoms with Crippen LogP contribution in [0.1, 0.15) is 86.5 Å². The number of fused-ring (bicyclic) bond motifs is 11. The fraction of sp³-hybridized carbons (Fsp3) is 0.250. The zero-order valence-corrected chi connectivity index (χ0v) is 37.5. The molecule has 1 heterocycles. The SMILES string of the molecule is c1ccc(-c2ccc(N(c3ccc4c(c3)-c3ccccc3C43CCCCC3)c3ccc4oc5ccc(-c6ccc7c(c6)C6(c8ccccc8-7)C7CC8CC(C7)CC6C8)cc5c4c3)cc2)cc1. The van der Waals surface area contributed by atoms with Crippen molar-refractivity contribution in [1.82, 2.24) is 0 Å². The van der Waals surface area contributed by atoms with E-state index in [0.717, 1.165) is 51.6 Å². The minimum absolute atomic E-state index is 0.121. The van der Waals surface area contributed by atoms with Gasteiger partial charge in [-0.2, -0.15) is 0 Å². The van der Waals surface area contributed by atoms with Crippen molar-refractivity contribution >= 4 is 39.0 Å². The third-order valence-corrected chi connectivity index (χ3v) is 18.0. The zero-order valence-electron chi connectivity index (χ0n) is 37.5. The minimum Gasteiger partial charge on any atom is -0.456 e. The highest BCUT2D eigenvalue weighted by Crippen LogP contribution is 2.69. The zero-order chi connectivity index (χ0) is 43.1. The van der Waals surface area contributed by atoms with Crippen LogP contribution in [-0.2, 0) is 10.8 Å². The molecule has 2 heteroatoms. The van der Waals surface area contributed by atoms with Crippen molar-refractivity contribution < 1.29 is 4.42 Å². The molecule has 2 spiro atoms. The van der Waals surface area contributed by atoms with Gasteiger partial charge >= 0.3 is 0 Å². The number of rotatable bonds is 5. The molecule has 2 nitrogen and oxygen atoms in total. The van der Waals surface area contributed by atoms with E-state index in [-0.39, 0.29) is 10.8 Å². The van der Waals surface area contributed by atoms with Crippen LogP contribution < -0.4 is 4.90 Å². The van der Waals surface area contributed by atoms with E-state index in [4.69, 9.17) is 4.42 Å². The Labute approximate surface area is 387 Å². The van der Waals surface area contributed by atoms with E-state index in [2.05, 4.69) is 181 Å². The van der Waals surface area contributed by atoms with Gasteiger partial charge in [-0.3, -0.25) is 0 Å². The average Bonchev–Trinajstić information content (AvgIpc) is 3.97. The lowest BCUT2D eigenvalue weighted by Gasteiger charge is -2.61. The van der Waals surface area contributed by atoms with Crippen LogP contribution in [0, 0.1) is 23.7 Å². The molecule has 4 bridgehead atoms. The number of hydrogen-bond donors (Lipinski definition) is 0. The Morgan fingerprint density at radius 3 is 1.70 bits per heavy atom. The molecule has 320 valence electrons. The first-order valence-corrected chi connectivity index (χ1v) is 25.0. The Balaban J connectivity index is 0.867. The highest BCUT2D eigenvalue weighted by atomic mass is 16.3. The average molecular weight is 852 g/mol. The van der Waals surface area contributed by atoms with E-state index < -0.39 is 0 Å². The van der Waals surface area contributed by atoms with Gasteiger partial charge in [0.1, 0.15) is 11.2 Å². The number of nitrogens with zero attached hydrogens (tertiary/aromatic N) is 1. The molecule has 7 aliphatic rings. The summed E-state index contributed by atoms with van der Waals surface area (Å²) in [6.07, 6.45) is 13.4. The van der Waals surface area contributed by atoms with Crippen molar-refractivity contribution in [2.24, 2.45) is 23.7 Å². The molecule has 5 fully saturated rings. The van der Waals surface area contributed by atoms with E-state index in [1.54, 1.807) is 11.1 Å². The second-order valence-electron chi connectivity index (χ2n) is 21.1. The summed E-state index contributed by atoms with van der Waals surface area (Å²) >= 11 is 0. The first-order chi connectivity index (χ1) is 32.6. The third kappa shape index (κ3) is 5.19. The van der Waals surface area contributed by atoms with E-state index in [9.17, 15) is 0 Å². The normalized spacial score (nSPS) is 23.6. The first-order valence-electron chi connectivity index (χ1n) is 25.0. The Kier molecular flexibility index (Phi) is 7.94. The molecular formula is C64H53NO. The highest BCUT2D eigenvalue weighted by Gasteiger charge is 2.61. The summed E-state index contributed by atoms with van der Waals surface area (Å²) in [5.41, 5.74) is 22.6. The van der Waals surface area contributed by atoms with Gasteiger partial charge in [-0.05, 0) is 196 Å². The number of furan rings is 1. The standard InChI is InChI=1S/C64H53NO/c1-3-11-42(12-4-1)43-17-21-48(22-18-43)65(49-23-26-58-54(38-49)52-14-5-7-15-57(52)63(58)29-9-2-10-30-63)50-24-28-62-56(39-50)55-36-44(20-27-61(55)66-62)45-19-25-53-51-13-6-8-16-59(51)64(60(53)37-45)46-32-40-31-41(34-46)35-47(64)33-40/h1,3-8,11-28,36-41,46-47H,2,9-10,29-35H2. The van der Waals surface area contributed by atoms with Crippen LogP contribution in [0.2, 0.25) is 0 Å². The molecule has 5 saturated carbocycles. The van der Waals surface area contributed by atoms with Crippen LogP contribution >= 0.6 is 0 Å². The first kappa shape index (κ1) is 37.6. The van der Waals surface area contributed by atoms with Gasteiger partial charge in [-0.25, -0.2) is 0 Å². The van der Waals surface area contributed by atoms with E-state index in [0.29, 0.717) is 0 Å². The van der Waals surface area contributed by atoms with Gasteiger partial charge in [0.2, 0.25) is 0 Å². The van der Waals surface area contributed by atoms with Gasteiger partial charge in [-0.1, -0.05) is 135 Å². The summed E-state index contributed by atoms with van der Waals surface area (Å²) in [4.78, 5) is 2.47. The third-order valence-electron chi connectivity index (χ3n) is 18.0. The summed E-state index contributed by atoms with van der Waals surface area (Å²) < 4.78 is 6.67. The summed E-state index contributed by atoms with van der Waals surface area (Å²) in [6.45, 7) is 0. The van der Waals surface area contributed by atoms with Crippen molar-refractivity contribution in [3.8, 4) is 44.5 Å². The molecule has 0 amide bonds. The molecule has 0 aliphatic heterocycles. The number of anilines is 3. The molecule has 9 aromatic rings. The van der Waals surface area contributed by atoms with Crippen molar-refractivity contribution in [3.05, 3.63) is 198 Å². The van der Waals surface area contributed by atoms with Crippen molar-refractivity contribution in [2.75, 3.05) is 4.90 Å². The molecule has 1 aromatic heterocycles. The van der Waals surface area contributed by atoms with Crippen molar-refractivity contribution in [3.63, 3.8) is 0 Å². The molecule has 8 aromatic carbocycles. The van der Waals surface area contributed by atoms with Crippen LogP contribution in [0.15, 0.2) is 180 Å². The second kappa shape index (κ2) is 13.9. The summed E-state index contributed by atoms with van der Waals surface area (Å²) in [6, 6.07) is 67.2. The van der Waals surface area contributed by atoms with Gasteiger partial charge in [0.05, 0.1) is 0 Å². The van der Waals surface area contributed by atoms with Crippen LogP contribution in [0.4, 0.5) is 17.1 Å². The predicted octanol–water partition coefficient (Wildman–Crippen LogP) is 17.3. The number of hydrogen-bond acceptors (Lipinski definition) is 2. The fourth-order valence-electron chi connectivity index (χ4n) is 15.6. The monoisotopic (exact) mass is 851 g/mol. The molecule has 0 saturated heterocycles. The Hall–Kier alpha value is -6.64.